The maximum atomic E-state index is 14.2. The highest BCUT2D eigenvalue weighted by Crippen LogP contribution is 2.52. The van der Waals surface area contributed by atoms with Crippen molar-refractivity contribution in [2.24, 2.45) is 0 Å². The molecular formula is C14H11ClFNO3. The van der Waals surface area contributed by atoms with Crippen LogP contribution >= 0.6 is 11.6 Å². The van der Waals surface area contributed by atoms with Gasteiger partial charge in [0.05, 0.1) is 5.02 Å². The molecular weight excluding hydrogens is 285 g/mol. The fourth-order valence-corrected chi connectivity index (χ4v) is 2.54. The Kier molecular flexibility index (Phi) is 2.83. The summed E-state index contributed by atoms with van der Waals surface area (Å²) >= 11 is 6.11. The number of aromatic carboxylic acids is 1. The average molecular weight is 296 g/mol. The highest BCUT2D eigenvalue weighted by Gasteiger charge is 2.52. The smallest absolute Gasteiger partial charge is 0.341 e. The molecule has 1 heterocycles. The van der Waals surface area contributed by atoms with E-state index in [0.717, 1.165) is 5.56 Å². The van der Waals surface area contributed by atoms with Crippen LogP contribution in [0.25, 0.3) is 11.3 Å². The van der Waals surface area contributed by atoms with Crippen LogP contribution in [0.3, 0.4) is 0 Å². The number of carboxylic acid groups (broad SMARTS) is 1. The molecule has 1 saturated carbocycles. The number of hydrogen-bond acceptors (Lipinski definition) is 3. The summed E-state index contributed by atoms with van der Waals surface area (Å²) in [6.45, 7) is 1.78. The Morgan fingerprint density at radius 1 is 1.50 bits per heavy atom. The van der Waals surface area contributed by atoms with Gasteiger partial charge in [-0.2, -0.15) is 0 Å². The number of aryl methyl sites for hydroxylation is 1. The first kappa shape index (κ1) is 13.1. The molecule has 1 aliphatic carbocycles. The van der Waals surface area contributed by atoms with Gasteiger partial charge >= 0.3 is 5.97 Å². The monoisotopic (exact) mass is 295 g/mol. The van der Waals surface area contributed by atoms with E-state index >= 15 is 0 Å². The van der Waals surface area contributed by atoms with Crippen LogP contribution in [0.1, 0.15) is 34.5 Å². The van der Waals surface area contributed by atoms with Crippen molar-refractivity contribution in [2.45, 2.75) is 25.4 Å². The van der Waals surface area contributed by atoms with Crippen molar-refractivity contribution in [3.05, 3.63) is 40.1 Å². The van der Waals surface area contributed by atoms with Gasteiger partial charge in [0.1, 0.15) is 11.3 Å². The van der Waals surface area contributed by atoms with Crippen LogP contribution in [0.4, 0.5) is 4.39 Å². The molecule has 0 atom stereocenters. The van der Waals surface area contributed by atoms with Gasteiger partial charge in [-0.15, -0.1) is 0 Å². The van der Waals surface area contributed by atoms with E-state index in [1.54, 1.807) is 25.1 Å². The summed E-state index contributed by atoms with van der Waals surface area (Å²) in [5.74, 6) is -1.47. The molecule has 0 saturated heterocycles. The lowest BCUT2D eigenvalue weighted by atomic mass is 10.00. The second-order valence-electron chi connectivity index (χ2n) is 4.94. The van der Waals surface area contributed by atoms with Crippen LogP contribution in [0.2, 0.25) is 5.02 Å². The lowest BCUT2D eigenvalue weighted by molar-refractivity contribution is 0.0689. The van der Waals surface area contributed by atoms with Gasteiger partial charge in [-0.05, 0) is 31.4 Å². The minimum Gasteiger partial charge on any atom is -0.477 e. The van der Waals surface area contributed by atoms with Crippen molar-refractivity contribution in [1.29, 1.82) is 0 Å². The number of benzene rings is 1. The number of alkyl halides is 1. The van der Waals surface area contributed by atoms with Crippen LogP contribution in [-0.2, 0) is 5.67 Å². The Bertz CT molecular complexity index is 686. The highest BCUT2D eigenvalue weighted by molar-refractivity contribution is 6.33. The highest BCUT2D eigenvalue weighted by atomic mass is 35.5. The van der Waals surface area contributed by atoms with Crippen molar-refractivity contribution in [3.8, 4) is 11.3 Å². The van der Waals surface area contributed by atoms with E-state index in [9.17, 15) is 14.3 Å². The first-order valence-electron chi connectivity index (χ1n) is 6.12. The van der Waals surface area contributed by atoms with E-state index in [-0.39, 0.29) is 29.9 Å². The molecule has 0 spiro atoms. The number of carbonyl (C=O) groups is 1. The SMILES string of the molecule is Cc1cccc(Cl)c1-c1noc(C2(F)CC2)c1C(=O)O. The molecule has 20 heavy (non-hydrogen) atoms. The largest absolute Gasteiger partial charge is 0.477 e. The molecule has 1 fully saturated rings. The Morgan fingerprint density at radius 3 is 2.75 bits per heavy atom. The zero-order valence-electron chi connectivity index (χ0n) is 10.6. The zero-order valence-corrected chi connectivity index (χ0v) is 11.4. The number of carboxylic acids is 1. The molecule has 104 valence electrons. The minimum absolute atomic E-state index is 0.0829. The minimum atomic E-state index is -1.70. The molecule has 0 aliphatic heterocycles. The molecule has 1 aliphatic rings. The van der Waals surface area contributed by atoms with Crippen LogP contribution in [0.15, 0.2) is 22.7 Å². The van der Waals surface area contributed by atoms with Gasteiger partial charge in [0, 0.05) is 5.56 Å². The predicted molar refractivity (Wildman–Crippen MR) is 70.7 cm³/mol. The van der Waals surface area contributed by atoms with E-state index < -0.39 is 11.6 Å². The molecule has 0 bridgehead atoms. The van der Waals surface area contributed by atoms with Gasteiger partial charge in [-0.3, -0.25) is 0 Å². The summed E-state index contributed by atoms with van der Waals surface area (Å²) in [6, 6.07) is 5.16. The van der Waals surface area contributed by atoms with E-state index in [1.165, 1.54) is 0 Å². The van der Waals surface area contributed by atoms with Crippen molar-refractivity contribution in [1.82, 2.24) is 5.16 Å². The molecule has 0 amide bonds. The summed E-state index contributed by atoms with van der Waals surface area (Å²) in [6.07, 6.45) is 0.507. The number of halogens is 2. The summed E-state index contributed by atoms with van der Waals surface area (Å²) in [5, 5.41) is 13.5. The lowest BCUT2D eigenvalue weighted by Crippen LogP contribution is -2.07. The third-order valence-electron chi connectivity index (χ3n) is 3.46. The Hall–Kier alpha value is -1.88. The summed E-state index contributed by atoms with van der Waals surface area (Å²) in [4.78, 5) is 11.5. The zero-order chi connectivity index (χ0) is 14.5. The first-order valence-corrected chi connectivity index (χ1v) is 6.50. The Morgan fingerprint density at radius 2 is 2.20 bits per heavy atom. The normalized spacial score (nSPS) is 16.1. The second-order valence-corrected chi connectivity index (χ2v) is 5.34. The van der Waals surface area contributed by atoms with E-state index in [1.807, 2.05) is 0 Å². The van der Waals surface area contributed by atoms with Gasteiger partial charge in [0.15, 0.2) is 11.4 Å². The first-order chi connectivity index (χ1) is 9.44. The summed E-state index contributed by atoms with van der Waals surface area (Å²) in [7, 11) is 0. The molecule has 6 heteroatoms. The molecule has 1 N–H and O–H groups in total. The van der Waals surface area contributed by atoms with E-state index in [2.05, 4.69) is 5.16 Å². The predicted octanol–water partition coefficient (Wildman–Crippen LogP) is 3.96. The van der Waals surface area contributed by atoms with Crippen molar-refractivity contribution in [3.63, 3.8) is 0 Å². The molecule has 2 aromatic rings. The van der Waals surface area contributed by atoms with Crippen LogP contribution in [0.5, 0.6) is 0 Å². The van der Waals surface area contributed by atoms with Crippen LogP contribution < -0.4 is 0 Å². The van der Waals surface area contributed by atoms with Crippen molar-refractivity contribution in [2.75, 3.05) is 0 Å². The summed E-state index contributed by atoms with van der Waals surface area (Å²) < 4.78 is 19.1. The van der Waals surface area contributed by atoms with Crippen LogP contribution in [-0.4, -0.2) is 16.2 Å². The van der Waals surface area contributed by atoms with Gasteiger partial charge in [0.25, 0.3) is 0 Å². The fourth-order valence-electron chi connectivity index (χ4n) is 2.23. The molecule has 0 unspecified atom stereocenters. The number of rotatable bonds is 3. The van der Waals surface area contributed by atoms with Gasteiger partial charge in [-0.1, -0.05) is 28.9 Å². The topological polar surface area (TPSA) is 63.3 Å². The Balaban J connectivity index is 2.25. The maximum absolute atomic E-state index is 14.2. The molecule has 3 rings (SSSR count). The van der Waals surface area contributed by atoms with Crippen molar-refractivity contribution < 1.29 is 18.8 Å². The fraction of sp³-hybridized carbons (Fsp3) is 0.286. The number of nitrogens with zero attached hydrogens (tertiary/aromatic N) is 1. The van der Waals surface area contributed by atoms with E-state index in [4.69, 9.17) is 16.1 Å². The molecule has 4 nitrogen and oxygen atoms in total. The van der Waals surface area contributed by atoms with Gasteiger partial charge < -0.3 is 9.63 Å². The quantitative estimate of drug-likeness (QED) is 0.931. The van der Waals surface area contributed by atoms with Crippen LogP contribution in [0, 0.1) is 6.92 Å². The molecule has 1 aromatic carbocycles. The molecule has 0 radical (unpaired) electrons. The summed E-state index contributed by atoms with van der Waals surface area (Å²) in [5.41, 5.74) is -0.635. The number of aromatic nitrogens is 1. The van der Waals surface area contributed by atoms with E-state index in [0.29, 0.717) is 10.6 Å². The Labute approximate surface area is 119 Å². The molecule has 1 aromatic heterocycles. The third kappa shape index (κ3) is 1.89. The van der Waals surface area contributed by atoms with Gasteiger partial charge in [-0.25, -0.2) is 9.18 Å². The standard InChI is InChI=1S/C14H11ClFNO3/c1-7-3-2-4-8(15)9(7)11-10(13(18)19)12(20-17-11)14(16)5-6-14/h2-4H,5-6H2,1H3,(H,18,19). The van der Waals surface area contributed by atoms with Gasteiger partial charge in [0.2, 0.25) is 0 Å². The third-order valence-corrected chi connectivity index (χ3v) is 3.78. The maximum Gasteiger partial charge on any atom is 0.341 e. The second kappa shape index (κ2) is 4.31. The average Bonchev–Trinajstić information content (AvgIpc) is 2.96. The lowest BCUT2D eigenvalue weighted by Gasteiger charge is -2.06. The van der Waals surface area contributed by atoms with Crippen molar-refractivity contribution >= 4 is 17.6 Å². The number of hydrogen-bond donors (Lipinski definition) is 1.